The van der Waals surface area contributed by atoms with Crippen LogP contribution in [0.3, 0.4) is 0 Å². The van der Waals surface area contributed by atoms with Crippen molar-refractivity contribution in [1.82, 2.24) is 29.4 Å². The number of piperidine rings is 1. The van der Waals surface area contributed by atoms with Crippen molar-refractivity contribution in [3.05, 3.63) is 31.1 Å². The molecule has 1 atom stereocenters. The average Bonchev–Trinajstić information content (AvgIpc) is 3.24. The largest absolute Gasteiger partial charge is 0.340 e. The monoisotopic (exact) mass is 302 g/mol. The standard InChI is InChI=1S/C15H22N6O/c22-15(6-11-20-13-16-12-18-20)21-9-2-1-4-14(21)5-10-19-8-3-7-17-19/h3,7-8,12-14H,1-2,4-6,9-11H2/t14-/m1/s1. The lowest BCUT2D eigenvalue weighted by Crippen LogP contribution is -2.44. The molecule has 22 heavy (non-hydrogen) atoms. The van der Waals surface area contributed by atoms with Crippen molar-refractivity contribution in [2.75, 3.05) is 6.54 Å². The molecule has 1 amide bonds. The molecular formula is C15H22N6O. The van der Waals surface area contributed by atoms with E-state index in [4.69, 9.17) is 0 Å². The van der Waals surface area contributed by atoms with E-state index in [9.17, 15) is 4.79 Å². The summed E-state index contributed by atoms with van der Waals surface area (Å²) in [5.41, 5.74) is 0. The summed E-state index contributed by atoms with van der Waals surface area (Å²) < 4.78 is 3.65. The number of amides is 1. The van der Waals surface area contributed by atoms with Gasteiger partial charge < -0.3 is 4.90 Å². The van der Waals surface area contributed by atoms with Crippen LogP contribution in [-0.4, -0.2) is 47.9 Å². The molecule has 2 aromatic heterocycles. The second-order valence-electron chi connectivity index (χ2n) is 5.70. The number of hydrogen-bond donors (Lipinski definition) is 0. The van der Waals surface area contributed by atoms with Gasteiger partial charge >= 0.3 is 0 Å². The van der Waals surface area contributed by atoms with Crippen LogP contribution in [0.4, 0.5) is 0 Å². The van der Waals surface area contributed by atoms with E-state index < -0.39 is 0 Å². The number of hydrogen-bond acceptors (Lipinski definition) is 4. The van der Waals surface area contributed by atoms with E-state index in [0.29, 0.717) is 19.0 Å². The van der Waals surface area contributed by atoms with Crippen LogP contribution in [0.25, 0.3) is 0 Å². The Labute approximate surface area is 129 Å². The van der Waals surface area contributed by atoms with Crippen LogP contribution in [0, 0.1) is 0 Å². The van der Waals surface area contributed by atoms with Gasteiger partial charge in [0, 0.05) is 37.9 Å². The zero-order chi connectivity index (χ0) is 15.2. The van der Waals surface area contributed by atoms with Gasteiger partial charge in [-0.2, -0.15) is 10.2 Å². The Bertz CT molecular complexity index is 565. The first-order valence-electron chi connectivity index (χ1n) is 7.92. The second kappa shape index (κ2) is 7.20. The Morgan fingerprint density at radius 2 is 2.14 bits per heavy atom. The molecule has 0 spiro atoms. The van der Waals surface area contributed by atoms with E-state index >= 15 is 0 Å². The van der Waals surface area contributed by atoms with Gasteiger partial charge in [0.05, 0.1) is 6.54 Å². The number of aryl methyl sites for hydroxylation is 2. The lowest BCUT2D eigenvalue weighted by atomic mass is 9.99. The third-order valence-corrected chi connectivity index (χ3v) is 4.22. The number of likely N-dealkylation sites (tertiary alicyclic amines) is 1. The molecule has 1 fully saturated rings. The van der Waals surface area contributed by atoms with Gasteiger partial charge in [-0.3, -0.25) is 14.2 Å². The number of nitrogens with zero attached hydrogens (tertiary/aromatic N) is 6. The number of rotatable bonds is 6. The quantitative estimate of drug-likeness (QED) is 0.807. The first kappa shape index (κ1) is 14.7. The molecule has 3 heterocycles. The summed E-state index contributed by atoms with van der Waals surface area (Å²) in [6.45, 7) is 2.34. The van der Waals surface area contributed by atoms with Gasteiger partial charge in [-0.25, -0.2) is 4.98 Å². The molecule has 3 rings (SSSR count). The maximum Gasteiger partial charge on any atom is 0.224 e. The minimum atomic E-state index is 0.223. The van der Waals surface area contributed by atoms with Crippen molar-refractivity contribution < 1.29 is 4.79 Å². The van der Waals surface area contributed by atoms with E-state index in [2.05, 4.69) is 20.1 Å². The molecule has 0 radical (unpaired) electrons. The fourth-order valence-corrected chi connectivity index (χ4v) is 3.05. The zero-order valence-corrected chi connectivity index (χ0v) is 12.7. The van der Waals surface area contributed by atoms with Crippen molar-refractivity contribution in [2.45, 2.75) is 51.2 Å². The van der Waals surface area contributed by atoms with Crippen molar-refractivity contribution in [1.29, 1.82) is 0 Å². The Balaban J connectivity index is 1.53. The van der Waals surface area contributed by atoms with Gasteiger partial charge in [0.2, 0.25) is 5.91 Å². The van der Waals surface area contributed by atoms with E-state index in [-0.39, 0.29) is 5.91 Å². The average molecular weight is 302 g/mol. The zero-order valence-electron chi connectivity index (χ0n) is 12.7. The van der Waals surface area contributed by atoms with Crippen LogP contribution in [0.15, 0.2) is 31.1 Å². The highest BCUT2D eigenvalue weighted by atomic mass is 16.2. The van der Waals surface area contributed by atoms with E-state index in [1.165, 1.54) is 12.7 Å². The van der Waals surface area contributed by atoms with Crippen LogP contribution >= 0.6 is 0 Å². The maximum absolute atomic E-state index is 12.5. The normalized spacial score (nSPS) is 18.5. The summed E-state index contributed by atoms with van der Waals surface area (Å²) in [7, 11) is 0. The minimum absolute atomic E-state index is 0.223. The highest BCUT2D eigenvalue weighted by Gasteiger charge is 2.26. The second-order valence-corrected chi connectivity index (χ2v) is 5.70. The van der Waals surface area contributed by atoms with Crippen molar-refractivity contribution in [3.8, 4) is 0 Å². The summed E-state index contributed by atoms with van der Waals surface area (Å²) in [6.07, 6.45) is 11.8. The molecule has 0 aliphatic carbocycles. The summed E-state index contributed by atoms with van der Waals surface area (Å²) in [5.74, 6) is 0.223. The topological polar surface area (TPSA) is 68.8 Å². The first-order valence-corrected chi connectivity index (χ1v) is 7.92. The molecule has 2 aromatic rings. The molecule has 1 saturated heterocycles. The Morgan fingerprint density at radius 3 is 2.91 bits per heavy atom. The van der Waals surface area contributed by atoms with Gasteiger partial charge in [0.15, 0.2) is 0 Å². The predicted octanol–water partition coefficient (Wildman–Crippen LogP) is 1.34. The number of carbonyl (C=O) groups excluding carboxylic acids is 1. The van der Waals surface area contributed by atoms with E-state index in [1.54, 1.807) is 17.2 Å². The van der Waals surface area contributed by atoms with Crippen molar-refractivity contribution >= 4 is 5.91 Å². The molecule has 0 aromatic carbocycles. The van der Waals surface area contributed by atoms with Crippen LogP contribution in [-0.2, 0) is 17.9 Å². The van der Waals surface area contributed by atoms with Crippen LogP contribution < -0.4 is 0 Å². The Hall–Kier alpha value is -2.18. The van der Waals surface area contributed by atoms with Gasteiger partial charge in [0.1, 0.15) is 12.7 Å². The first-order chi connectivity index (χ1) is 10.8. The molecule has 0 bridgehead atoms. The van der Waals surface area contributed by atoms with E-state index in [1.807, 2.05) is 16.9 Å². The molecule has 7 nitrogen and oxygen atoms in total. The van der Waals surface area contributed by atoms with Gasteiger partial charge in [-0.05, 0) is 31.7 Å². The van der Waals surface area contributed by atoms with E-state index in [0.717, 1.165) is 32.4 Å². The molecular weight excluding hydrogens is 280 g/mol. The summed E-state index contributed by atoms with van der Waals surface area (Å²) in [6, 6.07) is 2.27. The smallest absolute Gasteiger partial charge is 0.224 e. The summed E-state index contributed by atoms with van der Waals surface area (Å²) in [4.78, 5) is 18.5. The minimum Gasteiger partial charge on any atom is -0.340 e. The third kappa shape index (κ3) is 3.72. The fraction of sp³-hybridized carbons (Fsp3) is 0.600. The predicted molar refractivity (Wildman–Crippen MR) is 80.8 cm³/mol. The molecule has 1 aliphatic heterocycles. The van der Waals surface area contributed by atoms with Gasteiger partial charge in [0.25, 0.3) is 0 Å². The van der Waals surface area contributed by atoms with Crippen LogP contribution in [0.1, 0.15) is 32.1 Å². The molecule has 7 heteroatoms. The maximum atomic E-state index is 12.5. The van der Waals surface area contributed by atoms with Crippen LogP contribution in [0.2, 0.25) is 0 Å². The summed E-state index contributed by atoms with van der Waals surface area (Å²) in [5, 5.41) is 8.28. The van der Waals surface area contributed by atoms with Crippen molar-refractivity contribution in [3.63, 3.8) is 0 Å². The van der Waals surface area contributed by atoms with Gasteiger partial charge in [-0.1, -0.05) is 0 Å². The molecule has 0 saturated carbocycles. The van der Waals surface area contributed by atoms with Gasteiger partial charge in [-0.15, -0.1) is 0 Å². The van der Waals surface area contributed by atoms with Crippen molar-refractivity contribution in [2.24, 2.45) is 0 Å². The highest BCUT2D eigenvalue weighted by Crippen LogP contribution is 2.21. The Morgan fingerprint density at radius 1 is 1.18 bits per heavy atom. The molecule has 118 valence electrons. The Kier molecular flexibility index (Phi) is 4.82. The lowest BCUT2D eigenvalue weighted by Gasteiger charge is -2.36. The number of carbonyl (C=O) groups is 1. The highest BCUT2D eigenvalue weighted by molar-refractivity contribution is 5.76. The molecule has 1 aliphatic rings. The number of aromatic nitrogens is 5. The third-order valence-electron chi connectivity index (χ3n) is 4.22. The molecule has 0 N–H and O–H groups in total. The summed E-state index contributed by atoms with van der Waals surface area (Å²) >= 11 is 0. The van der Waals surface area contributed by atoms with Crippen LogP contribution in [0.5, 0.6) is 0 Å². The molecule has 0 unspecified atom stereocenters. The fourth-order valence-electron chi connectivity index (χ4n) is 3.05. The lowest BCUT2D eigenvalue weighted by molar-refractivity contribution is -0.135. The SMILES string of the molecule is O=C(CCn1cncn1)N1CCCC[C@@H]1CCn1cccn1.